The Morgan fingerprint density at radius 1 is 1.67 bits per heavy atom. The van der Waals surface area contributed by atoms with Crippen molar-refractivity contribution in [2.45, 2.75) is 32.6 Å². The Balaban J connectivity index is 1.94. The molecule has 5 heteroatoms. The third kappa shape index (κ3) is 3.09. The molecule has 1 amide bonds. The normalized spacial score (nSPS) is 19.4. The molecule has 2 rings (SSSR count). The first kappa shape index (κ1) is 13.5. The van der Waals surface area contributed by atoms with Gasteiger partial charge < -0.3 is 10.6 Å². The van der Waals surface area contributed by atoms with Crippen LogP contribution in [0.15, 0.2) is 5.38 Å². The van der Waals surface area contributed by atoms with Gasteiger partial charge in [-0.2, -0.15) is 0 Å². The van der Waals surface area contributed by atoms with Crippen molar-refractivity contribution in [3.05, 3.63) is 16.1 Å². The van der Waals surface area contributed by atoms with Crippen molar-refractivity contribution in [3.63, 3.8) is 0 Å². The summed E-state index contributed by atoms with van der Waals surface area (Å²) in [6, 6.07) is 0. The van der Waals surface area contributed by atoms with Gasteiger partial charge in [0.1, 0.15) is 5.69 Å². The lowest BCUT2D eigenvalue weighted by molar-refractivity contribution is 0.0781. The van der Waals surface area contributed by atoms with Crippen molar-refractivity contribution in [2.24, 2.45) is 11.7 Å². The Morgan fingerprint density at radius 3 is 3.22 bits per heavy atom. The lowest BCUT2D eigenvalue weighted by Crippen LogP contribution is -2.29. The fraction of sp³-hybridized carbons (Fsp3) is 0.692. The summed E-state index contributed by atoms with van der Waals surface area (Å²) < 4.78 is 0. The van der Waals surface area contributed by atoms with Gasteiger partial charge in [0.25, 0.3) is 5.91 Å². The van der Waals surface area contributed by atoms with E-state index in [9.17, 15) is 4.79 Å². The third-order valence-corrected chi connectivity index (χ3v) is 4.31. The first-order valence-corrected chi connectivity index (χ1v) is 7.56. The number of nitrogens with zero attached hydrogens (tertiary/aromatic N) is 2. The van der Waals surface area contributed by atoms with Gasteiger partial charge in [0.15, 0.2) is 0 Å². The summed E-state index contributed by atoms with van der Waals surface area (Å²) in [5.41, 5.74) is 6.09. The van der Waals surface area contributed by atoms with Crippen molar-refractivity contribution >= 4 is 17.2 Å². The molecule has 4 nitrogen and oxygen atoms in total. The number of aromatic nitrogens is 1. The summed E-state index contributed by atoms with van der Waals surface area (Å²) in [7, 11) is 0. The van der Waals surface area contributed by atoms with Crippen LogP contribution in [0.2, 0.25) is 0 Å². The Hall–Kier alpha value is -0.940. The van der Waals surface area contributed by atoms with Crippen LogP contribution in [-0.4, -0.2) is 35.4 Å². The number of carbonyl (C=O) groups excluding carboxylic acids is 1. The van der Waals surface area contributed by atoms with Crippen LogP contribution in [0.4, 0.5) is 0 Å². The van der Waals surface area contributed by atoms with Crippen LogP contribution in [-0.2, 0) is 6.42 Å². The van der Waals surface area contributed by atoms with Gasteiger partial charge in [0.05, 0.1) is 5.01 Å². The van der Waals surface area contributed by atoms with Gasteiger partial charge in [-0.25, -0.2) is 4.98 Å². The van der Waals surface area contributed by atoms with E-state index in [1.165, 1.54) is 24.2 Å². The van der Waals surface area contributed by atoms with E-state index in [1.54, 1.807) is 0 Å². The molecule has 1 aliphatic heterocycles. The molecule has 100 valence electrons. The highest BCUT2D eigenvalue weighted by Crippen LogP contribution is 2.23. The summed E-state index contributed by atoms with van der Waals surface area (Å²) in [6.07, 6.45) is 4.32. The van der Waals surface area contributed by atoms with Crippen molar-refractivity contribution in [3.8, 4) is 0 Å². The Kier molecular flexibility index (Phi) is 4.72. The maximum atomic E-state index is 12.3. The molecule has 0 aliphatic carbocycles. The average molecular weight is 267 g/mol. The minimum absolute atomic E-state index is 0.0909. The van der Waals surface area contributed by atoms with E-state index in [2.05, 4.69) is 11.9 Å². The van der Waals surface area contributed by atoms with Gasteiger partial charge in [0, 0.05) is 24.9 Å². The van der Waals surface area contributed by atoms with E-state index in [0.29, 0.717) is 18.2 Å². The number of amides is 1. The van der Waals surface area contributed by atoms with Crippen molar-refractivity contribution in [2.75, 3.05) is 19.6 Å². The number of rotatable bonds is 5. The Labute approximate surface area is 112 Å². The molecule has 1 saturated heterocycles. The second-order valence-electron chi connectivity index (χ2n) is 4.86. The van der Waals surface area contributed by atoms with Crippen LogP contribution < -0.4 is 5.73 Å². The minimum Gasteiger partial charge on any atom is -0.337 e. The van der Waals surface area contributed by atoms with Crippen molar-refractivity contribution in [1.29, 1.82) is 0 Å². The fourth-order valence-electron chi connectivity index (χ4n) is 2.47. The molecule has 2 N–H and O–H groups in total. The molecular weight excluding hydrogens is 246 g/mol. The SMILES string of the molecule is CCCC1CCN(C(=O)c2csc(CCN)n2)C1. The van der Waals surface area contributed by atoms with Crippen LogP contribution >= 0.6 is 11.3 Å². The molecule has 1 atom stereocenters. The second kappa shape index (κ2) is 6.29. The molecule has 18 heavy (non-hydrogen) atoms. The maximum Gasteiger partial charge on any atom is 0.273 e. The zero-order valence-corrected chi connectivity index (χ0v) is 11.7. The minimum atomic E-state index is 0.0909. The summed E-state index contributed by atoms with van der Waals surface area (Å²) >= 11 is 1.53. The predicted molar refractivity (Wildman–Crippen MR) is 73.8 cm³/mol. The molecule has 1 aliphatic rings. The Morgan fingerprint density at radius 2 is 2.50 bits per heavy atom. The zero-order chi connectivity index (χ0) is 13.0. The summed E-state index contributed by atoms with van der Waals surface area (Å²) in [4.78, 5) is 18.6. The van der Waals surface area contributed by atoms with E-state index in [0.717, 1.165) is 30.9 Å². The number of likely N-dealkylation sites (tertiary alicyclic amines) is 1. The predicted octanol–water partition coefficient (Wildman–Crippen LogP) is 1.91. The van der Waals surface area contributed by atoms with Gasteiger partial charge in [-0.1, -0.05) is 13.3 Å². The Bertz CT molecular complexity index is 405. The van der Waals surface area contributed by atoms with Gasteiger partial charge in [-0.15, -0.1) is 11.3 Å². The van der Waals surface area contributed by atoms with Crippen LogP contribution in [0.3, 0.4) is 0 Å². The van der Waals surface area contributed by atoms with Crippen molar-refractivity contribution < 1.29 is 4.79 Å². The van der Waals surface area contributed by atoms with E-state index < -0.39 is 0 Å². The van der Waals surface area contributed by atoms with Crippen LogP contribution in [0.25, 0.3) is 0 Å². The molecule has 1 aromatic rings. The smallest absolute Gasteiger partial charge is 0.273 e. The van der Waals surface area contributed by atoms with E-state index in [4.69, 9.17) is 5.73 Å². The number of thiazole rings is 1. The number of hydrogen-bond donors (Lipinski definition) is 1. The highest BCUT2D eigenvalue weighted by molar-refractivity contribution is 7.09. The molecule has 0 bridgehead atoms. The quantitative estimate of drug-likeness (QED) is 0.886. The standard InChI is InChI=1S/C13H21N3OS/c1-2-3-10-5-7-16(8-10)13(17)11-9-18-12(15-11)4-6-14/h9-10H,2-8,14H2,1H3. The highest BCUT2D eigenvalue weighted by Gasteiger charge is 2.27. The average Bonchev–Trinajstić information content (AvgIpc) is 2.98. The first-order chi connectivity index (χ1) is 8.74. The van der Waals surface area contributed by atoms with Gasteiger partial charge in [-0.3, -0.25) is 4.79 Å². The topological polar surface area (TPSA) is 59.2 Å². The molecule has 1 fully saturated rings. The molecule has 0 saturated carbocycles. The zero-order valence-electron chi connectivity index (χ0n) is 10.9. The molecule has 2 heterocycles. The van der Waals surface area contributed by atoms with Gasteiger partial charge in [-0.05, 0) is 25.3 Å². The van der Waals surface area contributed by atoms with Gasteiger partial charge >= 0.3 is 0 Å². The molecule has 0 radical (unpaired) electrons. The molecule has 0 spiro atoms. The maximum absolute atomic E-state index is 12.3. The lowest BCUT2D eigenvalue weighted by atomic mass is 10.0. The fourth-order valence-corrected chi connectivity index (χ4v) is 3.26. The van der Waals surface area contributed by atoms with Crippen LogP contribution in [0.1, 0.15) is 41.7 Å². The summed E-state index contributed by atoms with van der Waals surface area (Å²) in [6.45, 7) is 4.57. The van der Waals surface area contributed by atoms with E-state index in [-0.39, 0.29) is 5.91 Å². The molecular formula is C13H21N3OS. The van der Waals surface area contributed by atoms with Crippen LogP contribution in [0.5, 0.6) is 0 Å². The lowest BCUT2D eigenvalue weighted by Gasteiger charge is -2.14. The number of carbonyl (C=O) groups is 1. The largest absolute Gasteiger partial charge is 0.337 e. The van der Waals surface area contributed by atoms with Crippen LogP contribution in [0, 0.1) is 5.92 Å². The van der Waals surface area contributed by atoms with Gasteiger partial charge in [0.2, 0.25) is 0 Å². The monoisotopic (exact) mass is 267 g/mol. The third-order valence-electron chi connectivity index (χ3n) is 3.40. The molecule has 1 aromatic heterocycles. The number of hydrogen-bond acceptors (Lipinski definition) is 4. The number of nitrogens with two attached hydrogens (primary N) is 1. The van der Waals surface area contributed by atoms with E-state index in [1.807, 2.05) is 10.3 Å². The first-order valence-electron chi connectivity index (χ1n) is 6.68. The molecule has 1 unspecified atom stereocenters. The highest BCUT2D eigenvalue weighted by atomic mass is 32.1. The van der Waals surface area contributed by atoms with E-state index >= 15 is 0 Å². The van der Waals surface area contributed by atoms with Crippen molar-refractivity contribution in [1.82, 2.24) is 9.88 Å². The molecule has 0 aromatic carbocycles. The summed E-state index contributed by atoms with van der Waals surface area (Å²) in [5.74, 6) is 0.772. The summed E-state index contributed by atoms with van der Waals surface area (Å²) in [5, 5.41) is 2.82. The second-order valence-corrected chi connectivity index (χ2v) is 5.80.